The third-order valence-corrected chi connectivity index (χ3v) is 6.54. The van der Waals surface area contributed by atoms with Crippen molar-refractivity contribution in [2.24, 2.45) is 5.92 Å². The van der Waals surface area contributed by atoms with Crippen molar-refractivity contribution in [1.29, 1.82) is 0 Å². The van der Waals surface area contributed by atoms with Gasteiger partial charge in [0.25, 0.3) is 0 Å². The smallest absolute Gasteiger partial charge is 0.212 e. The first-order valence-corrected chi connectivity index (χ1v) is 10.1. The van der Waals surface area contributed by atoms with Gasteiger partial charge in [0.15, 0.2) is 0 Å². The highest BCUT2D eigenvalue weighted by molar-refractivity contribution is 7.89. The van der Waals surface area contributed by atoms with E-state index in [2.05, 4.69) is 4.72 Å². The molecular formula is C17H27ClN2O2S. The van der Waals surface area contributed by atoms with E-state index in [0.717, 1.165) is 43.4 Å². The first-order chi connectivity index (χ1) is 10.5. The van der Waals surface area contributed by atoms with Gasteiger partial charge in [-0.2, -0.15) is 0 Å². The standard InChI is InChI=1S/C17H26N2O2S.ClH/c18-15-9-10-16-14(11-15)7-4-8-17(16)19-22(20,21)12-13-5-2-1-3-6-13;/h9-11,13,17,19H,1-8,12,18H2;1H. The molecule has 0 amide bonds. The van der Waals surface area contributed by atoms with Crippen molar-refractivity contribution in [1.82, 2.24) is 4.72 Å². The third-order valence-electron chi connectivity index (χ3n) is 4.98. The Bertz CT molecular complexity index is 627. The molecule has 1 saturated carbocycles. The molecule has 2 aliphatic rings. The van der Waals surface area contributed by atoms with Crippen LogP contribution in [-0.2, 0) is 16.4 Å². The van der Waals surface area contributed by atoms with Gasteiger partial charge < -0.3 is 5.73 Å². The molecule has 0 radical (unpaired) electrons. The van der Waals surface area contributed by atoms with Crippen LogP contribution in [0, 0.1) is 5.92 Å². The fourth-order valence-electron chi connectivity index (χ4n) is 3.89. The lowest BCUT2D eigenvalue weighted by Crippen LogP contribution is -2.35. The Morgan fingerprint density at radius 1 is 1.09 bits per heavy atom. The predicted molar refractivity (Wildman–Crippen MR) is 97.3 cm³/mol. The van der Waals surface area contributed by atoms with Crippen LogP contribution in [0.15, 0.2) is 18.2 Å². The zero-order valence-corrected chi connectivity index (χ0v) is 15.1. The average molecular weight is 359 g/mol. The SMILES string of the molecule is Cl.Nc1ccc2c(c1)CCCC2NS(=O)(=O)CC1CCCCC1. The Morgan fingerprint density at radius 2 is 1.83 bits per heavy atom. The van der Waals surface area contributed by atoms with E-state index in [1.54, 1.807) is 0 Å². The lowest BCUT2D eigenvalue weighted by atomic mass is 9.88. The first-order valence-electron chi connectivity index (χ1n) is 8.42. The number of halogens is 1. The zero-order valence-electron chi connectivity index (χ0n) is 13.5. The largest absolute Gasteiger partial charge is 0.399 e. The molecule has 1 atom stereocenters. The van der Waals surface area contributed by atoms with Crippen LogP contribution < -0.4 is 10.5 Å². The van der Waals surface area contributed by atoms with E-state index in [-0.39, 0.29) is 24.2 Å². The van der Waals surface area contributed by atoms with Gasteiger partial charge in [-0.3, -0.25) is 0 Å². The van der Waals surface area contributed by atoms with Crippen molar-refractivity contribution >= 4 is 28.1 Å². The molecule has 0 aliphatic heterocycles. The van der Waals surface area contributed by atoms with Gasteiger partial charge in [0, 0.05) is 11.7 Å². The van der Waals surface area contributed by atoms with Crippen LogP contribution in [0.3, 0.4) is 0 Å². The summed E-state index contributed by atoms with van der Waals surface area (Å²) in [5.74, 6) is 0.620. The summed E-state index contributed by atoms with van der Waals surface area (Å²) in [6, 6.07) is 5.75. The molecule has 0 saturated heterocycles. The number of nitrogen functional groups attached to an aromatic ring is 1. The fraction of sp³-hybridized carbons (Fsp3) is 0.647. The van der Waals surface area contributed by atoms with Crippen molar-refractivity contribution in [2.75, 3.05) is 11.5 Å². The summed E-state index contributed by atoms with van der Waals surface area (Å²) < 4.78 is 28.0. The zero-order chi connectivity index (χ0) is 15.6. The topological polar surface area (TPSA) is 72.2 Å². The van der Waals surface area contributed by atoms with Crippen LogP contribution in [0.1, 0.15) is 62.1 Å². The van der Waals surface area contributed by atoms with E-state index in [1.807, 2.05) is 18.2 Å². The summed E-state index contributed by atoms with van der Waals surface area (Å²) in [5, 5.41) is 0. The fourth-order valence-corrected chi connectivity index (χ4v) is 5.61. The van der Waals surface area contributed by atoms with Crippen LogP contribution in [-0.4, -0.2) is 14.2 Å². The van der Waals surface area contributed by atoms with Crippen molar-refractivity contribution in [3.63, 3.8) is 0 Å². The van der Waals surface area contributed by atoms with Gasteiger partial charge in [-0.25, -0.2) is 13.1 Å². The molecule has 6 heteroatoms. The molecule has 0 bridgehead atoms. The van der Waals surface area contributed by atoms with Gasteiger partial charge in [0.1, 0.15) is 0 Å². The van der Waals surface area contributed by atoms with E-state index < -0.39 is 10.0 Å². The minimum Gasteiger partial charge on any atom is -0.399 e. The number of rotatable bonds is 4. The van der Waals surface area contributed by atoms with Crippen molar-refractivity contribution in [3.8, 4) is 0 Å². The highest BCUT2D eigenvalue weighted by atomic mass is 35.5. The van der Waals surface area contributed by atoms with Crippen LogP contribution >= 0.6 is 12.4 Å². The molecule has 0 aromatic heterocycles. The molecule has 130 valence electrons. The molecule has 1 fully saturated rings. The second-order valence-electron chi connectivity index (χ2n) is 6.81. The van der Waals surface area contributed by atoms with Crippen LogP contribution in [0.5, 0.6) is 0 Å². The highest BCUT2D eigenvalue weighted by Crippen LogP contribution is 2.32. The number of benzene rings is 1. The number of hydrogen-bond donors (Lipinski definition) is 2. The van der Waals surface area contributed by atoms with Gasteiger partial charge in [-0.15, -0.1) is 12.4 Å². The summed E-state index contributed by atoms with van der Waals surface area (Å²) >= 11 is 0. The minimum absolute atomic E-state index is 0. The quantitative estimate of drug-likeness (QED) is 0.808. The molecule has 4 nitrogen and oxygen atoms in total. The number of nitrogens with one attached hydrogen (secondary N) is 1. The summed E-state index contributed by atoms with van der Waals surface area (Å²) in [6.45, 7) is 0. The Morgan fingerprint density at radius 3 is 2.57 bits per heavy atom. The van der Waals surface area contributed by atoms with Gasteiger partial charge in [-0.05, 0) is 61.3 Å². The van der Waals surface area contributed by atoms with E-state index in [0.29, 0.717) is 5.92 Å². The lowest BCUT2D eigenvalue weighted by molar-refractivity contribution is 0.382. The Balaban J connectivity index is 0.00000192. The number of hydrogen-bond acceptors (Lipinski definition) is 3. The molecule has 1 aromatic carbocycles. The maximum atomic E-state index is 12.5. The molecule has 0 heterocycles. The Labute approximate surface area is 145 Å². The Kier molecular flexibility index (Phi) is 6.34. The summed E-state index contributed by atoms with van der Waals surface area (Å²) in [5.41, 5.74) is 8.89. The molecule has 1 aromatic rings. The number of aryl methyl sites for hydroxylation is 1. The van der Waals surface area contributed by atoms with Crippen LogP contribution in [0.25, 0.3) is 0 Å². The predicted octanol–water partition coefficient (Wildman–Crippen LogP) is 3.57. The molecule has 3 rings (SSSR count). The maximum Gasteiger partial charge on any atom is 0.212 e. The highest BCUT2D eigenvalue weighted by Gasteiger charge is 2.27. The third kappa shape index (κ3) is 4.85. The number of nitrogens with two attached hydrogens (primary N) is 1. The number of sulfonamides is 1. The number of fused-ring (bicyclic) bond motifs is 1. The second-order valence-corrected chi connectivity index (χ2v) is 8.60. The van der Waals surface area contributed by atoms with Gasteiger partial charge in [-0.1, -0.05) is 25.3 Å². The summed E-state index contributed by atoms with van der Waals surface area (Å²) in [6.07, 6.45) is 8.57. The first kappa shape index (κ1) is 18.6. The lowest BCUT2D eigenvalue weighted by Gasteiger charge is -2.28. The summed E-state index contributed by atoms with van der Waals surface area (Å²) in [7, 11) is -3.21. The Hall–Kier alpha value is -0.780. The van der Waals surface area contributed by atoms with Crippen molar-refractivity contribution in [3.05, 3.63) is 29.3 Å². The van der Waals surface area contributed by atoms with Gasteiger partial charge >= 0.3 is 0 Å². The molecule has 3 N–H and O–H groups in total. The van der Waals surface area contributed by atoms with Crippen LogP contribution in [0.4, 0.5) is 5.69 Å². The van der Waals surface area contributed by atoms with E-state index in [4.69, 9.17) is 5.73 Å². The van der Waals surface area contributed by atoms with Gasteiger partial charge in [0.2, 0.25) is 10.0 Å². The van der Waals surface area contributed by atoms with E-state index in [9.17, 15) is 8.42 Å². The van der Waals surface area contributed by atoms with Crippen molar-refractivity contribution < 1.29 is 8.42 Å². The van der Waals surface area contributed by atoms with E-state index >= 15 is 0 Å². The monoisotopic (exact) mass is 358 g/mol. The molecule has 23 heavy (non-hydrogen) atoms. The minimum atomic E-state index is -3.21. The molecular weight excluding hydrogens is 332 g/mol. The second kappa shape index (κ2) is 7.86. The average Bonchev–Trinajstić information content (AvgIpc) is 2.47. The molecule has 2 aliphatic carbocycles. The summed E-state index contributed by atoms with van der Waals surface area (Å²) in [4.78, 5) is 0. The normalized spacial score (nSPS) is 22.2. The van der Waals surface area contributed by atoms with E-state index in [1.165, 1.54) is 24.8 Å². The number of anilines is 1. The van der Waals surface area contributed by atoms with Crippen molar-refractivity contribution in [2.45, 2.75) is 57.4 Å². The van der Waals surface area contributed by atoms with Gasteiger partial charge in [0.05, 0.1) is 5.75 Å². The molecule has 0 spiro atoms. The van der Waals surface area contributed by atoms with Crippen LogP contribution in [0.2, 0.25) is 0 Å². The molecule has 1 unspecified atom stereocenters. The maximum absolute atomic E-state index is 12.5.